The van der Waals surface area contributed by atoms with E-state index in [4.69, 9.17) is 0 Å². The van der Waals surface area contributed by atoms with Crippen LogP contribution in [0.1, 0.15) is 60.8 Å². The monoisotopic (exact) mass is 420 g/mol. The first-order chi connectivity index (χ1) is 14.2. The molecule has 0 N–H and O–H groups in total. The summed E-state index contributed by atoms with van der Waals surface area (Å²) in [7, 11) is 0. The Bertz CT molecular complexity index is 816. The third-order valence-electron chi connectivity index (χ3n) is 5.27. The maximum Gasteiger partial charge on any atom is 0.0550 e. The van der Waals surface area contributed by atoms with Gasteiger partial charge in [-0.05, 0) is 69.2 Å². The van der Waals surface area contributed by atoms with E-state index in [0.717, 1.165) is 19.3 Å². The van der Waals surface area contributed by atoms with Crippen LogP contribution in [0.4, 0.5) is 0 Å². The first-order valence-corrected chi connectivity index (χ1v) is 11.9. The summed E-state index contributed by atoms with van der Waals surface area (Å²) in [4.78, 5) is 0. The molecule has 1 fully saturated rings. The zero-order valence-electron chi connectivity index (χ0n) is 19.9. The van der Waals surface area contributed by atoms with E-state index < -0.39 is 0 Å². The highest BCUT2D eigenvalue weighted by atomic mass is 32.2. The molecule has 0 radical (unpaired) electrons. The van der Waals surface area contributed by atoms with E-state index in [2.05, 4.69) is 97.7 Å². The van der Waals surface area contributed by atoms with Crippen LogP contribution in [-0.4, -0.2) is 10.5 Å². The lowest BCUT2D eigenvalue weighted by atomic mass is 9.91. The quantitative estimate of drug-likeness (QED) is 0.370. The average Bonchev–Trinajstić information content (AvgIpc) is 3.08. The summed E-state index contributed by atoms with van der Waals surface area (Å²) in [5, 5.41) is 0.905. The van der Waals surface area contributed by atoms with Gasteiger partial charge in [0, 0.05) is 5.25 Å². The van der Waals surface area contributed by atoms with Crippen LogP contribution >= 0.6 is 11.8 Å². The highest BCUT2D eigenvalue weighted by Crippen LogP contribution is 2.48. The van der Waals surface area contributed by atoms with Crippen molar-refractivity contribution >= 4 is 11.8 Å². The number of thioether (sulfide) groups is 1. The lowest BCUT2D eigenvalue weighted by molar-refractivity contribution is 1.01. The minimum atomic E-state index is 0.332. The first-order valence-electron chi connectivity index (χ1n) is 11.0. The average molecular weight is 421 g/mol. The van der Waals surface area contributed by atoms with Gasteiger partial charge in [-0.1, -0.05) is 98.9 Å². The van der Waals surface area contributed by atoms with E-state index in [1.54, 1.807) is 0 Å². The minimum Gasteiger partial charge on any atom is -0.140 e. The molecule has 162 valence electrons. The molecule has 0 saturated carbocycles. The predicted molar refractivity (Wildman–Crippen MR) is 141 cm³/mol. The molecule has 1 heterocycles. The summed E-state index contributed by atoms with van der Waals surface area (Å²) < 4.78 is 0. The Morgan fingerprint density at radius 1 is 1.17 bits per heavy atom. The third-order valence-corrected chi connectivity index (χ3v) is 6.89. The number of hydrogen-bond acceptors (Lipinski definition) is 1. The zero-order valence-corrected chi connectivity index (χ0v) is 20.7. The van der Waals surface area contributed by atoms with Crippen LogP contribution in [-0.2, 0) is 0 Å². The van der Waals surface area contributed by atoms with Crippen molar-refractivity contribution in [3.63, 3.8) is 0 Å². The molecule has 0 bridgehead atoms. The van der Waals surface area contributed by atoms with Crippen molar-refractivity contribution in [3.05, 3.63) is 107 Å². The largest absolute Gasteiger partial charge is 0.140 e. The molecule has 1 heteroatoms. The molecule has 0 aromatic heterocycles. The highest BCUT2D eigenvalue weighted by Gasteiger charge is 2.35. The van der Waals surface area contributed by atoms with Crippen LogP contribution in [0.2, 0.25) is 0 Å². The van der Waals surface area contributed by atoms with Gasteiger partial charge in [0.05, 0.1) is 5.25 Å². The van der Waals surface area contributed by atoms with Crippen molar-refractivity contribution in [2.45, 2.75) is 71.3 Å². The molecule has 0 nitrogen and oxygen atoms in total. The van der Waals surface area contributed by atoms with Crippen molar-refractivity contribution < 1.29 is 0 Å². The molecular formula is C29H40S. The molecule has 1 aliphatic carbocycles. The standard InChI is InChI=1S/C19H24S.C10H16/c1-6-13(3)12-16(7-2)14(4)19-15(5)17-10-8-9-11-18(17)20-19;1-5-10(4)8-6-7-9(2)3/h7-10,12,18-19H,4-6,11H2,1-3H3;6-8H,4-5H2,1-3H3/b13-12-,16-7+;8-6-. The smallest absolute Gasteiger partial charge is 0.0550 e. The Kier molecular flexibility index (Phi) is 11.6. The third kappa shape index (κ3) is 8.03. The van der Waals surface area contributed by atoms with Gasteiger partial charge in [0.2, 0.25) is 0 Å². The van der Waals surface area contributed by atoms with Gasteiger partial charge in [-0.2, -0.15) is 0 Å². The van der Waals surface area contributed by atoms with Crippen LogP contribution in [0, 0.1) is 0 Å². The van der Waals surface area contributed by atoms with Crippen molar-refractivity contribution in [2.24, 2.45) is 0 Å². The molecule has 2 rings (SSSR count). The van der Waals surface area contributed by atoms with Crippen molar-refractivity contribution in [2.75, 3.05) is 0 Å². The summed E-state index contributed by atoms with van der Waals surface area (Å²) in [5.41, 5.74) is 9.01. The van der Waals surface area contributed by atoms with Gasteiger partial charge < -0.3 is 0 Å². The number of hydrogen-bond donors (Lipinski definition) is 0. The minimum absolute atomic E-state index is 0.332. The van der Waals surface area contributed by atoms with Crippen LogP contribution in [0.15, 0.2) is 107 Å². The zero-order chi connectivity index (χ0) is 22.7. The Morgan fingerprint density at radius 2 is 1.87 bits per heavy atom. The number of rotatable bonds is 7. The second-order valence-corrected chi connectivity index (χ2v) is 9.36. The maximum absolute atomic E-state index is 4.36. The van der Waals surface area contributed by atoms with Crippen molar-refractivity contribution in [3.8, 4) is 0 Å². The maximum atomic E-state index is 4.36. The molecule has 2 aliphatic rings. The SMILES string of the molecule is C=C(/C=C\C=C(C)C)CC.C=C1C2=CC=CCC2SC1C(=C)C(/C=C(/C)CC)=C/C. The number of fused-ring (bicyclic) bond motifs is 1. The molecule has 0 spiro atoms. The van der Waals surface area contributed by atoms with E-state index in [1.165, 1.54) is 39.0 Å². The van der Waals surface area contributed by atoms with E-state index in [9.17, 15) is 0 Å². The highest BCUT2D eigenvalue weighted by molar-refractivity contribution is 8.01. The summed E-state index contributed by atoms with van der Waals surface area (Å²) in [6.45, 7) is 25.3. The Hall–Kier alpha value is -1.99. The van der Waals surface area contributed by atoms with Gasteiger partial charge in [0.1, 0.15) is 0 Å². The molecule has 0 amide bonds. The van der Waals surface area contributed by atoms with E-state index in [0.29, 0.717) is 10.5 Å². The molecule has 0 aromatic rings. The summed E-state index contributed by atoms with van der Waals surface area (Å²) in [6.07, 6.45) is 20.5. The van der Waals surface area contributed by atoms with Crippen LogP contribution in [0.5, 0.6) is 0 Å². The lowest BCUT2D eigenvalue weighted by Gasteiger charge is -2.16. The lowest BCUT2D eigenvalue weighted by Crippen LogP contribution is -2.05. The fourth-order valence-corrected chi connectivity index (χ4v) is 4.64. The topological polar surface area (TPSA) is 0 Å². The Balaban J connectivity index is 0.000000382. The van der Waals surface area contributed by atoms with Crippen LogP contribution in [0.3, 0.4) is 0 Å². The molecule has 1 aliphatic heterocycles. The van der Waals surface area contributed by atoms with Gasteiger partial charge in [0.25, 0.3) is 0 Å². The molecule has 0 aromatic carbocycles. The molecule has 30 heavy (non-hydrogen) atoms. The summed E-state index contributed by atoms with van der Waals surface area (Å²) in [6, 6.07) is 0. The van der Waals surface area contributed by atoms with E-state index >= 15 is 0 Å². The van der Waals surface area contributed by atoms with Gasteiger partial charge in [-0.3, -0.25) is 0 Å². The molecular weight excluding hydrogens is 380 g/mol. The first kappa shape index (κ1) is 26.0. The predicted octanol–water partition coefficient (Wildman–Crippen LogP) is 9.25. The molecule has 1 saturated heterocycles. The van der Waals surface area contributed by atoms with Gasteiger partial charge in [-0.25, -0.2) is 0 Å². The van der Waals surface area contributed by atoms with E-state index in [-0.39, 0.29) is 0 Å². The van der Waals surface area contributed by atoms with Gasteiger partial charge >= 0.3 is 0 Å². The van der Waals surface area contributed by atoms with Gasteiger partial charge in [-0.15, -0.1) is 11.8 Å². The second-order valence-electron chi connectivity index (χ2n) is 8.04. The van der Waals surface area contributed by atoms with Crippen molar-refractivity contribution in [1.82, 2.24) is 0 Å². The summed E-state index contributed by atoms with van der Waals surface area (Å²) in [5.74, 6) is 0. The van der Waals surface area contributed by atoms with Gasteiger partial charge in [0.15, 0.2) is 0 Å². The fourth-order valence-electron chi connectivity index (χ4n) is 3.12. The van der Waals surface area contributed by atoms with Crippen LogP contribution in [0.25, 0.3) is 0 Å². The van der Waals surface area contributed by atoms with Crippen LogP contribution < -0.4 is 0 Å². The van der Waals surface area contributed by atoms with E-state index in [1.807, 2.05) is 23.9 Å². The Labute approximate surface area is 190 Å². The molecule has 2 atom stereocenters. The molecule has 2 unspecified atom stereocenters. The van der Waals surface area contributed by atoms with Crippen molar-refractivity contribution in [1.29, 1.82) is 0 Å². The fraction of sp³-hybridized carbons (Fsp3) is 0.379. The second kappa shape index (κ2) is 13.3. The summed E-state index contributed by atoms with van der Waals surface area (Å²) >= 11 is 2.00. The number of allylic oxidation sites excluding steroid dienone is 12. The normalized spacial score (nSPS) is 21.0. The Morgan fingerprint density at radius 3 is 2.40 bits per heavy atom.